The molecule has 4 aliphatic carbocycles. The summed E-state index contributed by atoms with van der Waals surface area (Å²) in [5.74, 6) is 7.92. The summed E-state index contributed by atoms with van der Waals surface area (Å²) >= 11 is 0. The molecule has 0 radical (unpaired) electrons. The molecule has 29 heavy (non-hydrogen) atoms. The van der Waals surface area contributed by atoms with Crippen molar-refractivity contribution < 1.29 is 10.2 Å². The zero-order valence-electron chi connectivity index (χ0n) is 18.8. The molecule has 0 saturated heterocycles. The summed E-state index contributed by atoms with van der Waals surface area (Å²) in [6, 6.07) is 0. The molecule has 0 aliphatic heterocycles. The molecule has 4 saturated carbocycles. The van der Waals surface area contributed by atoms with E-state index < -0.39 is 5.60 Å². The highest BCUT2D eigenvalue weighted by molar-refractivity contribution is 5.27. The van der Waals surface area contributed by atoms with E-state index in [9.17, 15) is 10.2 Å². The SMILES string of the molecule is CC(C)(O)C#CCC1(C2CCC3/C(=C/C=C4/CCCC(O)C4)CCCC32C)CC1. The van der Waals surface area contributed by atoms with Gasteiger partial charge in [0.15, 0.2) is 0 Å². The fourth-order valence-corrected chi connectivity index (χ4v) is 6.94. The highest BCUT2D eigenvalue weighted by atomic mass is 16.3. The molecular weight excluding hydrogens is 356 g/mol. The largest absolute Gasteiger partial charge is 0.393 e. The number of hydrogen-bond acceptors (Lipinski definition) is 2. The molecule has 0 aromatic carbocycles. The second-order valence-corrected chi connectivity index (χ2v) is 11.3. The Morgan fingerprint density at radius 1 is 1.07 bits per heavy atom. The third kappa shape index (κ3) is 4.52. The molecule has 160 valence electrons. The fraction of sp³-hybridized carbons (Fsp3) is 0.778. The molecule has 0 bridgehead atoms. The minimum atomic E-state index is -0.876. The van der Waals surface area contributed by atoms with Crippen LogP contribution in [0.3, 0.4) is 0 Å². The predicted molar refractivity (Wildman–Crippen MR) is 119 cm³/mol. The molecule has 0 spiro atoms. The first-order chi connectivity index (χ1) is 13.7. The third-order valence-corrected chi connectivity index (χ3v) is 8.50. The van der Waals surface area contributed by atoms with Crippen molar-refractivity contribution in [2.75, 3.05) is 0 Å². The van der Waals surface area contributed by atoms with Gasteiger partial charge in [0.05, 0.1) is 6.10 Å². The first-order valence-electron chi connectivity index (χ1n) is 12.0. The summed E-state index contributed by atoms with van der Waals surface area (Å²) in [6.45, 7) is 6.14. The molecule has 4 rings (SSSR count). The van der Waals surface area contributed by atoms with Gasteiger partial charge in [-0.25, -0.2) is 0 Å². The molecule has 4 aliphatic rings. The van der Waals surface area contributed by atoms with Crippen molar-refractivity contribution >= 4 is 0 Å². The number of hydrogen-bond donors (Lipinski definition) is 2. The smallest absolute Gasteiger partial charge is 0.119 e. The van der Waals surface area contributed by atoms with Crippen molar-refractivity contribution in [3.05, 3.63) is 23.3 Å². The molecular formula is C27H40O2. The first-order valence-corrected chi connectivity index (χ1v) is 12.0. The molecule has 0 amide bonds. The van der Waals surface area contributed by atoms with Crippen LogP contribution in [0.1, 0.15) is 97.8 Å². The lowest BCUT2D eigenvalue weighted by Gasteiger charge is -2.45. The molecule has 2 N–H and O–H groups in total. The van der Waals surface area contributed by atoms with Gasteiger partial charge < -0.3 is 10.2 Å². The maximum absolute atomic E-state index is 9.97. The highest BCUT2D eigenvalue weighted by Crippen LogP contribution is 2.69. The Hall–Kier alpha value is -1.04. The van der Waals surface area contributed by atoms with Crippen molar-refractivity contribution in [2.24, 2.45) is 22.7 Å². The van der Waals surface area contributed by atoms with Crippen molar-refractivity contribution in [2.45, 2.75) is 110 Å². The number of rotatable bonds is 3. The van der Waals surface area contributed by atoms with Gasteiger partial charge in [-0.15, -0.1) is 0 Å². The van der Waals surface area contributed by atoms with E-state index in [1.54, 1.807) is 19.4 Å². The summed E-state index contributed by atoms with van der Waals surface area (Å²) in [6.07, 6.45) is 19.0. The van der Waals surface area contributed by atoms with E-state index in [2.05, 4.69) is 30.9 Å². The fourth-order valence-electron chi connectivity index (χ4n) is 6.94. The Labute approximate surface area is 177 Å². The average Bonchev–Trinajstić information content (AvgIpc) is 3.32. The highest BCUT2D eigenvalue weighted by Gasteiger charge is 2.60. The third-order valence-electron chi connectivity index (χ3n) is 8.50. The summed E-state index contributed by atoms with van der Waals surface area (Å²) in [5, 5.41) is 19.9. The van der Waals surface area contributed by atoms with Crippen LogP contribution in [0.5, 0.6) is 0 Å². The van der Waals surface area contributed by atoms with E-state index in [1.165, 1.54) is 50.5 Å². The lowest BCUT2D eigenvalue weighted by molar-refractivity contribution is 0.0817. The van der Waals surface area contributed by atoms with Crippen LogP contribution in [0, 0.1) is 34.5 Å². The zero-order valence-corrected chi connectivity index (χ0v) is 18.8. The molecule has 0 heterocycles. The number of aliphatic hydroxyl groups excluding tert-OH is 1. The van der Waals surface area contributed by atoms with E-state index >= 15 is 0 Å². The summed E-state index contributed by atoms with van der Waals surface area (Å²) in [5.41, 5.74) is 3.07. The predicted octanol–water partition coefficient (Wildman–Crippen LogP) is 5.94. The van der Waals surface area contributed by atoms with Crippen LogP contribution in [0.2, 0.25) is 0 Å². The number of allylic oxidation sites excluding steroid dienone is 3. The average molecular weight is 397 g/mol. The Balaban J connectivity index is 1.50. The first kappa shape index (κ1) is 21.2. The lowest BCUT2D eigenvalue weighted by atomic mass is 9.59. The molecule has 0 aromatic rings. The van der Waals surface area contributed by atoms with Crippen molar-refractivity contribution in [1.29, 1.82) is 0 Å². The van der Waals surface area contributed by atoms with Crippen molar-refractivity contribution in [3.8, 4) is 11.8 Å². The Bertz CT molecular complexity index is 737. The zero-order chi connectivity index (χ0) is 20.7. The normalized spacial score (nSPS) is 39.1. The topological polar surface area (TPSA) is 40.5 Å². The van der Waals surface area contributed by atoms with Crippen LogP contribution >= 0.6 is 0 Å². The molecule has 0 aromatic heterocycles. The van der Waals surface area contributed by atoms with Gasteiger partial charge in [-0.05, 0) is 107 Å². The van der Waals surface area contributed by atoms with Gasteiger partial charge in [0.2, 0.25) is 0 Å². The van der Waals surface area contributed by atoms with Crippen LogP contribution in [0.4, 0.5) is 0 Å². The van der Waals surface area contributed by atoms with Crippen molar-refractivity contribution in [1.82, 2.24) is 0 Å². The van der Waals surface area contributed by atoms with E-state index in [0.717, 1.165) is 43.9 Å². The van der Waals surface area contributed by atoms with Gasteiger partial charge in [-0.1, -0.05) is 42.1 Å². The second kappa shape index (κ2) is 7.90. The van der Waals surface area contributed by atoms with Crippen LogP contribution in [0.15, 0.2) is 23.3 Å². The van der Waals surface area contributed by atoms with Gasteiger partial charge in [0.25, 0.3) is 0 Å². The Kier molecular flexibility index (Phi) is 5.77. The molecule has 4 fully saturated rings. The Morgan fingerprint density at radius 3 is 2.55 bits per heavy atom. The second-order valence-electron chi connectivity index (χ2n) is 11.3. The van der Waals surface area contributed by atoms with Gasteiger partial charge in [-0.2, -0.15) is 0 Å². The van der Waals surface area contributed by atoms with E-state index in [-0.39, 0.29) is 6.10 Å². The number of aliphatic hydroxyl groups is 2. The van der Waals surface area contributed by atoms with Gasteiger partial charge in [-0.3, -0.25) is 0 Å². The van der Waals surface area contributed by atoms with Crippen LogP contribution in [0.25, 0.3) is 0 Å². The molecule has 2 heteroatoms. The molecule has 4 atom stereocenters. The standard InChI is InChI=1S/C27H40O2/c1-25(2,29)14-6-16-27(17-18-27)24-13-12-23-21(8-5-15-26(23,24)3)11-10-20-7-4-9-22(28)19-20/h10-11,22-24,28-29H,4-5,7-9,12-13,15-19H2,1-3H3/b20-10-,21-11+. The van der Waals surface area contributed by atoms with E-state index in [0.29, 0.717) is 10.8 Å². The van der Waals surface area contributed by atoms with Crippen LogP contribution < -0.4 is 0 Å². The minimum Gasteiger partial charge on any atom is -0.393 e. The van der Waals surface area contributed by atoms with Crippen molar-refractivity contribution in [3.63, 3.8) is 0 Å². The van der Waals surface area contributed by atoms with Gasteiger partial charge in [0.1, 0.15) is 5.60 Å². The maximum Gasteiger partial charge on any atom is 0.119 e. The molecule has 4 unspecified atom stereocenters. The van der Waals surface area contributed by atoms with Crippen LogP contribution in [-0.4, -0.2) is 21.9 Å². The van der Waals surface area contributed by atoms with Gasteiger partial charge >= 0.3 is 0 Å². The number of fused-ring (bicyclic) bond motifs is 1. The quantitative estimate of drug-likeness (QED) is 0.580. The van der Waals surface area contributed by atoms with Gasteiger partial charge in [0, 0.05) is 6.42 Å². The van der Waals surface area contributed by atoms with E-state index in [4.69, 9.17) is 0 Å². The maximum atomic E-state index is 9.97. The summed E-state index contributed by atoms with van der Waals surface area (Å²) in [4.78, 5) is 0. The molecule has 2 nitrogen and oxygen atoms in total. The monoisotopic (exact) mass is 396 g/mol. The summed E-state index contributed by atoms with van der Waals surface area (Å²) in [7, 11) is 0. The van der Waals surface area contributed by atoms with Crippen LogP contribution in [-0.2, 0) is 0 Å². The van der Waals surface area contributed by atoms with E-state index in [1.807, 2.05) is 0 Å². The minimum absolute atomic E-state index is 0.124. The summed E-state index contributed by atoms with van der Waals surface area (Å²) < 4.78 is 0. The Morgan fingerprint density at radius 2 is 1.86 bits per heavy atom. The lowest BCUT2D eigenvalue weighted by Crippen LogP contribution is -2.37.